The van der Waals surface area contributed by atoms with Gasteiger partial charge in [0.15, 0.2) is 0 Å². The number of sulfone groups is 1. The maximum atomic E-state index is 12.3. The molecule has 0 bridgehead atoms. The average Bonchev–Trinajstić information content (AvgIpc) is 2.95. The predicted molar refractivity (Wildman–Crippen MR) is 64.5 cm³/mol. The van der Waals surface area contributed by atoms with E-state index in [0.717, 1.165) is 0 Å². The Bertz CT molecular complexity index is 628. The molecule has 0 N–H and O–H groups in total. The van der Waals surface area contributed by atoms with E-state index >= 15 is 0 Å². The highest BCUT2D eigenvalue weighted by Crippen LogP contribution is 2.14. The molecule has 0 aliphatic rings. The van der Waals surface area contributed by atoms with Crippen LogP contribution in [0.1, 0.15) is 19.5 Å². The Labute approximate surface area is 105 Å². The molecule has 0 aliphatic carbocycles. The predicted octanol–water partition coefficient (Wildman–Crippen LogP) is 0.488. The molecule has 7 nitrogen and oxygen atoms in total. The molecule has 0 fully saturated rings. The third-order valence-electron chi connectivity index (χ3n) is 2.63. The molecule has 0 saturated carbocycles. The fourth-order valence-corrected chi connectivity index (χ4v) is 3.24. The van der Waals surface area contributed by atoms with Crippen LogP contribution < -0.4 is 0 Å². The highest BCUT2D eigenvalue weighted by Gasteiger charge is 2.22. The molecule has 2 heterocycles. The van der Waals surface area contributed by atoms with Crippen LogP contribution in [0.2, 0.25) is 0 Å². The van der Waals surface area contributed by atoms with E-state index < -0.39 is 9.84 Å². The monoisotopic (exact) mass is 269 g/mol. The zero-order chi connectivity index (χ0) is 13.2. The van der Waals surface area contributed by atoms with Crippen molar-refractivity contribution < 1.29 is 8.42 Å². The van der Waals surface area contributed by atoms with Crippen LogP contribution in [0.3, 0.4) is 0 Å². The summed E-state index contributed by atoms with van der Waals surface area (Å²) in [7, 11) is -3.46. The third kappa shape index (κ3) is 2.28. The van der Waals surface area contributed by atoms with E-state index in [1.165, 1.54) is 12.4 Å². The summed E-state index contributed by atoms with van der Waals surface area (Å²) in [6.07, 6.45) is 4.62. The summed E-state index contributed by atoms with van der Waals surface area (Å²) in [6.45, 7) is 4.92. The van der Waals surface area contributed by atoms with Gasteiger partial charge in [-0.2, -0.15) is 0 Å². The molecule has 0 spiro atoms. The number of hydrogen-bond donors (Lipinski definition) is 0. The molecule has 2 aromatic rings. The largest absolute Gasteiger partial charge is 0.322 e. The smallest absolute Gasteiger partial charge is 0.228 e. The van der Waals surface area contributed by atoms with Crippen LogP contribution in [0.25, 0.3) is 0 Å². The summed E-state index contributed by atoms with van der Waals surface area (Å²) in [5, 5.41) is 7.63. The van der Waals surface area contributed by atoms with Gasteiger partial charge >= 0.3 is 0 Å². The summed E-state index contributed by atoms with van der Waals surface area (Å²) in [4.78, 5) is 3.92. The van der Waals surface area contributed by atoms with Gasteiger partial charge in [-0.25, -0.2) is 18.1 Å². The highest BCUT2D eigenvalue weighted by atomic mass is 32.2. The van der Waals surface area contributed by atoms with Crippen molar-refractivity contribution in [2.24, 2.45) is 0 Å². The lowest BCUT2D eigenvalue weighted by atomic mass is 10.5. The molecule has 98 valence electrons. The highest BCUT2D eigenvalue weighted by molar-refractivity contribution is 7.90. The fourth-order valence-electron chi connectivity index (χ4n) is 1.73. The van der Waals surface area contributed by atoms with E-state index in [1.807, 2.05) is 13.8 Å². The molecule has 0 radical (unpaired) electrons. The SMILES string of the molecule is CCn1ccnc1S(=O)(=O)Cc1cnnn1CC. The first-order valence-electron chi connectivity index (χ1n) is 5.69. The minimum atomic E-state index is -3.46. The Morgan fingerprint density at radius 3 is 2.72 bits per heavy atom. The Morgan fingerprint density at radius 1 is 1.28 bits per heavy atom. The molecule has 0 aliphatic heterocycles. The Kier molecular flexibility index (Phi) is 3.46. The number of imidazole rings is 1. The van der Waals surface area contributed by atoms with Gasteiger partial charge in [0.1, 0.15) is 5.75 Å². The third-order valence-corrected chi connectivity index (χ3v) is 4.20. The molecule has 0 atom stereocenters. The van der Waals surface area contributed by atoms with Crippen molar-refractivity contribution >= 4 is 9.84 Å². The van der Waals surface area contributed by atoms with Gasteiger partial charge in [-0.1, -0.05) is 5.21 Å². The van der Waals surface area contributed by atoms with E-state index in [-0.39, 0.29) is 10.9 Å². The standard InChI is InChI=1S/C10H15N5O2S/c1-3-14-6-5-11-10(14)18(16,17)8-9-7-12-13-15(9)4-2/h5-7H,3-4,8H2,1-2H3. The van der Waals surface area contributed by atoms with Crippen molar-refractivity contribution in [1.29, 1.82) is 0 Å². The van der Waals surface area contributed by atoms with Crippen molar-refractivity contribution in [1.82, 2.24) is 24.5 Å². The second kappa shape index (κ2) is 4.89. The molecule has 0 unspecified atom stereocenters. The summed E-state index contributed by atoms with van der Waals surface area (Å²) in [5.74, 6) is -0.134. The number of aromatic nitrogens is 5. The number of hydrogen-bond acceptors (Lipinski definition) is 5. The minimum absolute atomic E-state index is 0.0915. The second-order valence-corrected chi connectivity index (χ2v) is 5.68. The van der Waals surface area contributed by atoms with E-state index in [4.69, 9.17) is 0 Å². The summed E-state index contributed by atoms with van der Waals surface area (Å²) < 4.78 is 27.7. The molecule has 0 saturated heterocycles. The topological polar surface area (TPSA) is 82.7 Å². The van der Waals surface area contributed by atoms with Gasteiger partial charge in [0.05, 0.1) is 11.9 Å². The van der Waals surface area contributed by atoms with Crippen molar-refractivity contribution in [3.8, 4) is 0 Å². The van der Waals surface area contributed by atoms with Crippen molar-refractivity contribution in [3.05, 3.63) is 24.3 Å². The van der Waals surface area contributed by atoms with E-state index in [2.05, 4.69) is 15.3 Å². The van der Waals surface area contributed by atoms with E-state index in [1.54, 1.807) is 15.4 Å². The second-order valence-electron chi connectivity index (χ2n) is 3.80. The van der Waals surface area contributed by atoms with Crippen molar-refractivity contribution in [3.63, 3.8) is 0 Å². The van der Waals surface area contributed by atoms with Crippen LogP contribution in [0.15, 0.2) is 23.7 Å². The zero-order valence-corrected chi connectivity index (χ0v) is 11.1. The lowest BCUT2D eigenvalue weighted by Gasteiger charge is -2.06. The van der Waals surface area contributed by atoms with Crippen LogP contribution in [0.4, 0.5) is 0 Å². The minimum Gasteiger partial charge on any atom is -0.322 e. The molecule has 0 aromatic carbocycles. The molecule has 18 heavy (non-hydrogen) atoms. The molecular formula is C10H15N5O2S. The van der Waals surface area contributed by atoms with Gasteiger partial charge in [0, 0.05) is 25.5 Å². The molecule has 0 amide bonds. The Balaban J connectivity index is 2.33. The maximum absolute atomic E-state index is 12.3. The van der Waals surface area contributed by atoms with Gasteiger partial charge in [-0.05, 0) is 13.8 Å². The van der Waals surface area contributed by atoms with Gasteiger partial charge in [0.2, 0.25) is 15.0 Å². The van der Waals surface area contributed by atoms with Gasteiger partial charge < -0.3 is 4.57 Å². The molecule has 2 aromatic heterocycles. The van der Waals surface area contributed by atoms with Gasteiger partial charge in [-0.15, -0.1) is 5.10 Å². The lowest BCUT2D eigenvalue weighted by Crippen LogP contribution is -2.14. The quantitative estimate of drug-likeness (QED) is 0.788. The fraction of sp³-hybridized carbons (Fsp3) is 0.500. The van der Waals surface area contributed by atoms with Crippen LogP contribution >= 0.6 is 0 Å². The van der Waals surface area contributed by atoms with E-state index in [0.29, 0.717) is 18.8 Å². The van der Waals surface area contributed by atoms with Crippen molar-refractivity contribution in [2.75, 3.05) is 0 Å². The van der Waals surface area contributed by atoms with Crippen molar-refractivity contribution in [2.45, 2.75) is 37.8 Å². The Hall–Kier alpha value is -1.70. The summed E-state index contributed by atoms with van der Waals surface area (Å²) >= 11 is 0. The Morgan fingerprint density at radius 2 is 2.06 bits per heavy atom. The first-order valence-corrected chi connectivity index (χ1v) is 7.35. The zero-order valence-electron chi connectivity index (χ0n) is 10.3. The number of nitrogens with zero attached hydrogens (tertiary/aromatic N) is 5. The molecule has 2 rings (SSSR count). The first-order chi connectivity index (χ1) is 8.58. The normalized spacial score (nSPS) is 11.9. The molecular weight excluding hydrogens is 254 g/mol. The van der Waals surface area contributed by atoms with E-state index in [9.17, 15) is 8.42 Å². The van der Waals surface area contributed by atoms with Crippen LogP contribution in [-0.4, -0.2) is 33.0 Å². The first kappa shape index (κ1) is 12.7. The number of aryl methyl sites for hydroxylation is 2. The number of rotatable bonds is 5. The van der Waals surface area contributed by atoms with Gasteiger partial charge in [0.25, 0.3) is 0 Å². The summed E-state index contributed by atoms with van der Waals surface area (Å²) in [5.41, 5.74) is 0.572. The van der Waals surface area contributed by atoms with Gasteiger partial charge in [-0.3, -0.25) is 0 Å². The van der Waals surface area contributed by atoms with Crippen LogP contribution in [0, 0.1) is 0 Å². The van der Waals surface area contributed by atoms with Crippen LogP contribution in [-0.2, 0) is 28.7 Å². The van der Waals surface area contributed by atoms with Crippen LogP contribution in [0.5, 0.6) is 0 Å². The summed E-state index contributed by atoms with van der Waals surface area (Å²) in [6, 6.07) is 0. The average molecular weight is 269 g/mol. The maximum Gasteiger partial charge on any atom is 0.228 e. The molecule has 8 heteroatoms. The lowest BCUT2D eigenvalue weighted by molar-refractivity contribution is 0.560.